The Labute approximate surface area is 102 Å². The number of hydrogen-bond donors (Lipinski definition) is 0. The lowest BCUT2D eigenvalue weighted by Crippen LogP contribution is -2.29. The first-order valence-electron chi connectivity index (χ1n) is 5.18. The van der Waals surface area contributed by atoms with Crippen molar-refractivity contribution in [2.75, 3.05) is 31.7 Å². The molecular formula is C12H17ClN2O. The Morgan fingerprint density at radius 3 is 3.06 bits per heavy atom. The second kappa shape index (κ2) is 7.25. The van der Waals surface area contributed by atoms with E-state index in [1.165, 1.54) is 0 Å². The number of hydrogen-bond acceptors (Lipinski definition) is 3. The van der Waals surface area contributed by atoms with Crippen molar-refractivity contribution < 1.29 is 4.74 Å². The number of ether oxygens (including phenoxy) is 1. The number of methoxy groups -OCH3 is 1. The molecule has 0 spiro atoms. The maximum Gasteiger partial charge on any atom is 0.133 e. The van der Waals surface area contributed by atoms with Crippen LogP contribution in [-0.2, 0) is 10.6 Å². The van der Waals surface area contributed by atoms with Crippen LogP contribution in [0.1, 0.15) is 5.56 Å². The van der Waals surface area contributed by atoms with E-state index in [0.29, 0.717) is 12.5 Å². The van der Waals surface area contributed by atoms with Gasteiger partial charge in [0.15, 0.2) is 0 Å². The van der Waals surface area contributed by atoms with Gasteiger partial charge in [-0.2, -0.15) is 0 Å². The minimum absolute atomic E-state index is 0.462. The summed E-state index contributed by atoms with van der Waals surface area (Å²) < 4.78 is 5.08. The van der Waals surface area contributed by atoms with Crippen LogP contribution in [0, 0.1) is 0 Å². The standard InChI is InChI=1S/C12H17ClN2O/c1-3-7-15(8-9-16-2)12-11(10-13)5-4-6-14-12/h3-6H,1,7-10H2,2H3. The van der Waals surface area contributed by atoms with Crippen LogP contribution >= 0.6 is 11.6 Å². The van der Waals surface area contributed by atoms with Crippen molar-refractivity contribution in [2.45, 2.75) is 5.88 Å². The lowest BCUT2D eigenvalue weighted by molar-refractivity contribution is 0.205. The summed E-state index contributed by atoms with van der Waals surface area (Å²) >= 11 is 5.89. The zero-order valence-corrected chi connectivity index (χ0v) is 10.3. The van der Waals surface area contributed by atoms with Crippen molar-refractivity contribution in [1.82, 2.24) is 4.98 Å². The summed E-state index contributed by atoms with van der Waals surface area (Å²) in [6, 6.07) is 3.88. The molecule has 0 aliphatic heterocycles. The number of anilines is 1. The third kappa shape index (κ3) is 3.51. The minimum Gasteiger partial charge on any atom is -0.383 e. The second-order valence-corrected chi connectivity index (χ2v) is 3.61. The molecule has 0 atom stereocenters. The van der Waals surface area contributed by atoms with Gasteiger partial charge in [-0.3, -0.25) is 0 Å². The monoisotopic (exact) mass is 240 g/mol. The van der Waals surface area contributed by atoms with Gasteiger partial charge in [-0.15, -0.1) is 18.2 Å². The molecule has 1 heterocycles. The number of rotatable bonds is 7. The van der Waals surface area contributed by atoms with Gasteiger partial charge in [0.2, 0.25) is 0 Å². The van der Waals surface area contributed by atoms with E-state index < -0.39 is 0 Å². The molecule has 0 aliphatic carbocycles. The average molecular weight is 241 g/mol. The van der Waals surface area contributed by atoms with E-state index in [4.69, 9.17) is 16.3 Å². The van der Waals surface area contributed by atoms with Crippen LogP contribution < -0.4 is 4.90 Å². The van der Waals surface area contributed by atoms with Gasteiger partial charge < -0.3 is 9.64 Å². The SMILES string of the molecule is C=CCN(CCOC)c1ncccc1CCl. The first-order chi connectivity index (χ1) is 7.83. The molecule has 1 aromatic heterocycles. The van der Waals surface area contributed by atoms with Gasteiger partial charge in [-0.1, -0.05) is 12.1 Å². The Kier molecular flexibility index (Phi) is 5.90. The van der Waals surface area contributed by atoms with E-state index in [0.717, 1.165) is 24.5 Å². The molecule has 4 heteroatoms. The molecule has 0 aliphatic rings. The first-order valence-corrected chi connectivity index (χ1v) is 5.71. The van der Waals surface area contributed by atoms with Crippen LogP contribution in [0.3, 0.4) is 0 Å². The number of halogens is 1. The molecule has 0 fully saturated rings. The fourth-order valence-corrected chi connectivity index (χ4v) is 1.67. The maximum atomic E-state index is 5.89. The van der Waals surface area contributed by atoms with E-state index in [9.17, 15) is 0 Å². The highest BCUT2D eigenvalue weighted by Crippen LogP contribution is 2.18. The van der Waals surface area contributed by atoms with Gasteiger partial charge in [-0.05, 0) is 6.07 Å². The van der Waals surface area contributed by atoms with Crippen molar-refractivity contribution in [3.05, 3.63) is 36.5 Å². The molecule has 88 valence electrons. The summed E-state index contributed by atoms with van der Waals surface area (Å²) in [5, 5.41) is 0. The molecule has 1 aromatic rings. The Hall–Kier alpha value is -1.06. The van der Waals surface area contributed by atoms with Crippen molar-refractivity contribution in [2.24, 2.45) is 0 Å². The predicted octanol–water partition coefficient (Wildman–Crippen LogP) is 2.46. The number of aromatic nitrogens is 1. The molecule has 3 nitrogen and oxygen atoms in total. The number of nitrogens with zero attached hydrogens (tertiary/aromatic N) is 2. The average Bonchev–Trinajstić information content (AvgIpc) is 2.34. The van der Waals surface area contributed by atoms with Crippen LogP contribution in [0.15, 0.2) is 31.0 Å². The molecule has 0 amide bonds. The molecule has 16 heavy (non-hydrogen) atoms. The quantitative estimate of drug-likeness (QED) is 0.541. The summed E-state index contributed by atoms with van der Waals surface area (Å²) in [6.45, 7) is 5.93. The van der Waals surface area contributed by atoms with Gasteiger partial charge in [-0.25, -0.2) is 4.98 Å². The summed E-state index contributed by atoms with van der Waals surface area (Å²) in [5.41, 5.74) is 1.03. The van der Waals surface area contributed by atoms with Crippen molar-refractivity contribution in [3.8, 4) is 0 Å². The van der Waals surface area contributed by atoms with Crippen LogP contribution in [0.4, 0.5) is 5.82 Å². The maximum absolute atomic E-state index is 5.89. The van der Waals surface area contributed by atoms with Crippen LogP contribution in [0.25, 0.3) is 0 Å². The fourth-order valence-electron chi connectivity index (χ4n) is 1.46. The fraction of sp³-hybridized carbons (Fsp3) is 0.417. The minimum atomic E-state index is 0.462. The highest BCUT2D eigenvalue weighted by molar-refractivity contribution is 6.17. The molecule has 0 bridgehead atoms. The molecular weight excluding hydrogens is 224 g/mol. The summed E-state index contributed by atoms with van der Waals surface area (Å²) in [6.07, 6.45) is 3.62. The summed E-state index contributed by atoms with van der Waals surface area (Å²) in [5.74, 6) is 1.37. The summed E-state index contributed by atoms with van der Waals surface area (Å²) in [4.78, 5) is 6.46. The van der Waals surface area contributed by atoms with E-state index >= 15 is 0 Å². The summed E-state index contributed by atoms with van der Waals surface area (Å²) in [7, 11) is 1.69. The van der Waals surface area contributed by atoms with E-state index in [2.05, 4.69) is 16.5 Å². The second-order valence-electron chi connectivity index (χ2n) is 3.35. The van der Waals surface area contributed by atoms with Gasteiger partial charge >= 0.3 is 0 Å². The Balaban J connectivity index is 2.85. The lowest BCUT2D eigenvalue weighted by Gasteiger charge is -2.23. The van der Waals surface area contributed by atoms with Crippen LogP contribution in [-0.4, -0.2) is 31.8 Å². The topological polar surface area (TPSA) is 25.4 Å². The molecule has 0 N–H and O–H groups in total. The third-order valence-corrected chi connectivity index (χ3v) is 2.51. The van der Waals surface area contributed by atoms with Crippen LogP contribution in [0.5, 0.6) is 0 Å². The highest BCUT2D eigenvalue weighted by Gasteiger charge is 2.10. The van der Waals surface area contributed by atoms with Crippen LogP contribution in [0.2, 0.25) is 0 Å². The van der Waals surface area contributed by atoms with E-state index in [1.54, 1.807) is 13.3 Å². The normalized spacial score (nSPS) is 10.1. The smallest absolute Gasteiger partial charge is 0.133 e. The number of pyridine rings is 1. The molecule has 0 unspecified atom stereocenters. The first kappa shape index (κ1) is 13.0. The van der Waals surface area contributed by atoms with Gasteiger partial charge in [0.25, 0.3) is 0 Å². The van der Waals surface area contributed by atoms with E-state index in [1.807, 2.05) is 18.2 Å². The van der Waals surface area contributed by atoms with Gasteiger partial charge in [0.05, 0.1) is 12.5 Å². The Morgan fingerprint density at radius 1 is 1.62 bits per heavy atom. The highest BCUT2D eigenvalue weighted by atomic mass is 35.5. The largest absolute Gasteiger partial charge is 0.383 e. The van der Waals surface area contributed by atoms with Gasteiger partial charge in [0.1, 0.15) is 5.82 Å². The molecule has 1 rings (SSSR count). The van der Waals surface area contributed by atoms with Gasteiger partial charge in [0, 0.05) is 32.0 Å². The lowest BCUT2D eigenvalue weighted by atomic mass is 10.2. The van der Waals surface area contributed by atoms with Crippen molar-refractivity contribution in [3.63, 3.8) is 0 Å². The van der Waals surface area contributed by atoms with Crippen molar-refractivity contribution >= 4 is 17.4 Å². The third-order valence-electron chi connectivity index (χ3n) is 2.23. The number of alkyl halides is 1. The van der Waals surface area contributed by atoms with E-state index in [-0.39, 0.29) is 0 Å². The molecule has 0 saturated heterocycles. The molecule has 0 saturated carbocycles. The zero-order valence-electron chi connectivity index (χ0n) is 9.53. The predicted molar refractivity (Wildman–Crippen MR) is 68.1 cm³/mol. The molecule has 0 aromatic carbocycles. The Bertz CT molecular complexity index is 331. The Morgan fingerprint density at radius 2 is 2.44 bits per heavy atom. The molecule has 0 radical (unpaired) electrons. The van der Waals surface area contributed by atoms with Crippen molar-refractivity contribution in [1.29, 1.82) is 0 Å². The zero-order chi connectivity index (χ0) is 11.8.